The van der Waals surface area contributed by atoms with Crippen LogP contribution in [0.15, 0.2) is 30.5 Å². The fourth-order valence-corrected chi connectivity index (χ4v) is 0.827. The molecule has 0 amide bonds. The molecule has 0 bridgehead atoms. The summed E-state index contributed by atoms with van der Waals surface area (Å²) in [6.45, 7) is 2.02. The SMILES string of the molecule is Cc1ccc(/C=C/OB=O)cc1. The van der Waals surface area contributed by atoms with Crippen LogP contribution >= 0.6 is 0 Å². The summed E-state index contributed by atoms with van der Waals surface area (Å²) in [5, 5.41) is 0. The Morgan fingerprint density at radius 2 is 2.00 bits per heavy atom. The molecule has 0 aliphatic carbocycles. The monoisotopic (exact) mass is 160 g/mol. The van der Waals surface area contributed by atoms with Gasteiger partial charge in [-0.15, -0.1) is 0 Å². The van der Waals surface area contributed by atoms with E-state index >= 15 is 0 Å². The van der Waals surface area contributed by atoms with Gasteiger partial charge in [0, 0.05) is 0 Å². The van der Waals surface area contributed by atoms with Crippen LogP contribution in [0.25, 0.3) is 6.08 Å². The van der Waals surface area contributed by atoms with E-state index in [-0.39, 0.29) is 0 Å². The zero-order chi connectivity index (χ0) is 8.81. The van der Waals surface area contributed by atoms with Crippen molar-refractivity contribution in [3.63, 3.8) is 0 Å². The molecule has 0 radical (unpaired) electrons. The van der Waals surface area contributed by atoms with Crippen LogP contribution in [0.1, 0.15) is 11.1 Å². The van der Waals surface area contributed by atoms with E-state index in [0.29, 0.717) is 7.35 Å². The van der Waals surface area contributed by atoms with Crippen LogP contribution in [0.3, 0.4) is 0 Å². The van der Waals surface area contributed by atoms with Crippen molar-refractivity contribution in [2.75, 3.05) is 0 Å². The molecule has 0 atom stereocenters. The Hall–Kier alpha value is -1.38. The van der Waals surface area contributed by atoms with Gasteiger partial charge in [0.15, 0.2) is 0 Å². The van der Waals surface area contributed by atoms with Gasteiger partial charge in [-0.2, -0.15) is 0 Å². The van der Waals surface area contributed by atoms with Crippen LogP contribution in [-0.2, 0) is 9.36 Å². The average Bonchev–Trinajstić information content (AvgIpc) is 2.09. The molecule has 2 nitrogen and oxygen atoms in total. The minimum atomic E-state index is 0.394. The van der Waals surface area contributed by atoms with Gasteiger partial charge in [0.2, 0.25) is 0 Å². The van der Waals surface area contributed by atoms with Gasteiger partial charge in [-0.05, 0) is 0 Å². The molecular formula is C9H9BO2. The molecule has 0 fully saturated rings. The molecule has 1 aromatic rings. The van der Waals surface area contributed by atoms with Crippen molar-refractivity contribution >= 4 is 13.4 Å². The van der Waals surface area contributed by atoms with Crippen molar-refractivity contribution in [3.8, 4) is 0 Å². The summed E-state index contributed by atoms with van der Waals surface area (Å²) in [7, 11) is 0.394. The van der Waals surface area contributed by atoms with E-state index < -0.39 is 0 Å². The van der Waals surface area contributed by atoms with Crippen molar-refractivity contribution in [2.24, 2.45) is 0 Å². The van der Waals surface area contributed by atoms with Crippen molar-refractivity contribution in [1.82, 2.24) is 0 Å². The Morgan fingerprint density at radius 3 is 2.58 bits per heavy atom. The van der Waals surface area contributed by atoms with Gasteiger partial charge in [0.05, 0.1) is 0 Å². The van der Waals surface area contributed by atoms with Crippen LogP contribution in [0.4, 0.5) is 0 Å². The van der Waals surface area contributed by atoms with Gasteiger partial charge in [-0.3, -0.25) is 0 Å². The topological polar surface area (TPSA) is 26.3 Å². The first kappa shape index (κ1) is 8.72. The van der Waals surface area contributed by atoms with E-state index in [0.717, 1.165) is 5.56 Å². The van der Waals surface area contributed by atoms with Gasteiger partial charge in [-0.1, -0.05) is 0 Å². The van der Waals surface area contributed by atoms with Crippen molar-refractivity contribution in [3.05, 3.63) is 41.7 Å². The molecule has 0 aliphatic rings. The van der Waals surface area contributed by atoms with Crippen LogP contribution in [0.5, 0.6) is 0 Å². The first-order valence-electron chi connectivity index (χ1n) is 3.65. The second-order valence-corrected chi connectivity index (χ2v) is 2.45. The zero-order valence-electron chi connectivity index (χ0n) is 6.86. The fraction of sp³-hybridized carbons (Fsp3) is 0.111. The maximum absolute atomic E-state index is 9.78. The van der Waals surface area contributed by atoms with Gasteiger partial charge in [-0.25, -0.2) is 0 Å². The Bertz CT molecular complexity index is 277. The molecule has 0 aliphatic heterocycles. The summed E-state index contributed by atoms with van der Waals surface area (Å²) in [4.78, 5) is 0. The predicted molar refractivity (Wildman–Crippen MR) is 47.7 cm³/mol. The van der Waals surface area contributed by atoms with Crippen LogP contribution in [-0.4, -0.2) is 7.35 Å². The van der Waals surface area contributed by atoms with E-state index in [4.69, 9.17) is 0 Å². The summed E-state index contributed by atoms with van der Waals surface area (Å²) in [5.41, 5.74) is 2.23. The molecule has 1 rings (SSSR count). The summed E-state index contributed by atoms with van der Waals surface area (Å²) >= 11 is 0. The maximum atomic E-state index is 9.78. The van der Waals surface area contributed by atoms with Crippen molar-refractivity contribution in [1.29, 1.82) is 0 Å². The Kier molecular flexibility index (Phi) is 3.26. The average molecular weight is 160 g/mol. The van der Waals surface area contributed by atoms with Crippen LogP contribution < -0.4 is 0 Å². The molecule has 0 N–H and O–H groups in total. The van der Waals surface area contributed by atoms with Crippen LogP contribution in [0, 0.1) is 6.92 Å². The van der Waals surface area contributed by atoms with E-state index in [2.05, 4.69) is 4.65 Å². The molecule has 0 heterocycles. The van der Waals surface area contributed by atoms with Crippen molar-refractivity contribution in [2.45, 2.75) is 6.92 Å². The molecule has 1 aromatic carbocycles. The molecule has 12 heavy (non-hydrogen) atoms. The minimum absolute atomic E-state index is 0.394. The quantitative estimate of drug-likeness (QED) is 0.498. The second-order valence-electron chi connectivity index (χ2n) is 2.45. The molecule has 3 heteroatoms. The molecule has 0 saturated heterocycles. The third-order valence-corrected chi connectivity index (χ3v) is 1.47. The van der Waals surface area contributed by atoms with Crippen molar-refractivity contribution < 1.29 is 9.36 Å². The first-order valence-corrected chi connectivity index (χ1v) is 3.65. The summed E-state index contributed by atoms with van der Waals surface area (Å²) in [6, 6.07) is 7.92. The predicted octanol–water partition coefficient (Wildman–Crippen LogP) is 1.95. The van der Waals surface area contributed by atoms with E-state index in [1.807, 2.05) is 31.2 Å². The zero-order valence-corrected chi connectivity index (χ0v) is 6.86. The van der Waals surface area contributed by atoms with Gasteiger partial charge in [0.1, 0.15) is 0 Å². The normalized spacial score (nSPS) is 9.75. The molecule has 0 spiro atoms. The number of hydrogen-bond donors (Lipinski definition) is 0. The van der Waals surface area contributed by atoms with Gasteiger partial charge >= 0.3 is 71.4 Å². The molecule has 0 aromatic heterocycles. The van der Waals surface area contributed by atoms with E-state index in [1.54, 1.807) is 6.08 Å². The number of hydrogen-bond acceptors (Lipinski definition) is 2. The fourth-order valence-electron chi connectivity index (χ4n) is 0.827. The molecule has 0 unspecified atom stereocenters. The van der Waals surface area contributed by atoms with E-state index in [9.17, 15) is 4.70 Å². The number of aryl methyl sites for hydroxylation is 1. The van der Waals surface area contributed by atoms with Gasteiger partial charge in [0.25, 0.3) is 0 Å². The Morgan fingerprint density at radius 1 is 1.33 bits per heavy atom. The third kappa shape index (κ3) is 2.70. The van der Waals surface area contributed by atoms with Crippen LogP contribution in [0.2, 0.25) is 0 Å². The summed E-state index contributed by atoms with van der Waals surface area (Å²) in [5.74, 6) is 0. The first-order chi connectivity index (χ1) is 5.83. The third-order valence-electron chi connectivity index (χ3n) is 1.47. The molecule has 60 valence electrons. The van der Waals surface area contributed by atoms with Gasteiger partial charge < -0.3 is 0 Å². The molecular weight excluding hydrogens is 151 g/mol. The number of rotatable bonds is 3. The summed E-state index contributed by atoms with van der Waals surface area (Å²) in [6.07, 6.45) is 3.09. The Balaban J connectivity index is 2.64. The number of benzene rings is 1. The second kappa shape index (κ2) is 4.49. The van der Waals surface area contributed by atoms with E-state index in [1.165, 1.54) is 11.8 Å². The molecule has 0 saturated carbocycles. The summed E-state index contributed by atoms with van der Waals surface area (Å²) < 4.78 is 14.2. The Labute approximate surface area is 72.1 Å². The standard InChI is InChI=1S/C9H9BO2/c1-8-2-4-9(5-3-8)6-7-12-10-11/h2-7H,1H3/b7-6+.